The fourth-order valence-corrected chi connectivity index (χ4v) is 4.53. The third-order valence-electron chi connectivity index (χ3n) is 4.70. The number of amides is 2. The average molecular weight is 374 g/mol. The number of rotatable bonds is 2. The minimum Gasteiger partial charge on any atom is -0.268 e. The van der Waals surface area contributed by atoms with Gasteiger partial charge in [0.15, 0.2) is 5.16 Å². The predicted octanol–water partition coefficient (Wildman–Crippen LogP) is 3.11. The lowest BCUT2D eigenvalue weighted by Gasteiger charge is -2.24. The van der Waals surface area contributed by atoms with Gasteiger partial charge in [-0.1, -0.05) is 42.5 Å². The number of benzene rings is 2. The van der Waals surface area contributed by atoms with Crippen LogP contribution < -0.4 is 4.90 Å². The molecule has 2 aromatic carbocycles. The van der Waals surface area contributed by atoms with Gasteiger partial charge in [0.05, 0.1) is 16.2 Å². The highest BCUT2D eigenvalue weighted by molar-refractivity contribution is 8.04. The van der Waals surface area contributed by atoms with Crippen LogP contribution in [-0.2, 0) is 9.59 Å². The average Bonchev–Trinajstić information content (AvgIpc) is 3.24. The maximum absolute atomic E-state index is 13.3. The topological polar surface area (TPSA) is 68.1 Å². The van der Waals surface area contributed by atoms with Crippen molar-refractivity contribution in [3.8, 4) is 0 Å². The van der Waals surface area contributed by atoms with Crippen molar-refractivity contribution in [2.75, 3.05) is 4.90 Å². The highest BCUT2D eigenvalue weighted by Gasteiger charge is 2.47. The summed E-state index contributed by atoms with van der Waals surface area (Å²) in [6.45, 7) is 1.93. The van der Waals surface area contributed by atoms with Crippen molar-refractivity contribution in [3.05, 3.63) is 82.5 Å². The summed E-state index contributed by atoms with van der Waals surface area (Å²) >= 11 is 1.20. The van der Waals surface area contributed by atoms with E-state index in [0.29, 0.717) is 21.3 Å². The lowest BCUT2D eigenvalue weighted by Crippen LogP contribution is -2.32. The maximum atomic E-state index is 13.3. The Balaban J connectivity index is 1.67. The molecular formula is C20H14N4O2S. The van der Waals surface area contributed by atoms with Crippen LogP contribution in [0.4, 0.5) is 5.69 Å². The van der Waals surface area contributed by atoms with Crippen LogP contribution in [0.5, 0.6) is 0 Å². The molecule has 0 unspecified atom stereocenters. The van der Waals surface area contributed by atoms with Crippen LogP contribution in [0.15, 0.2) is 76.6 Å². The molecule has 0 bridgehead atoms. The first-order valence-corrected chi connectivity index (χ1v) is 9.29. The van der Waals surface area contributed by atoms with Crippen LogP contribution in [0.2, 0.25) is 0 Å². The second-order valence-corrected chi connectivity index (χ2v) is 7.41. The minimum atomic E-state index is -0.466. The molecule has 0 saturated carbocycles. The summed E-state index contributed by atoms with van der Waals surface area (Å²) in [5, 5.41) is 4.92. The third kappa shape index (κ3) is 2.35. The highest BCUT2D eigenvalue weighted by atomic mass is 32.2. The Bertz CT molecular complexity index is 1120. The van der Waals surface area contributed by atoms with Gasteiger partial charge in [0.25, 0.3) is 11.8 Å². The van der Waals surface area contributed by atoms with E-state index in [-0.39, 0.29) is 11.8 Å². The summed E-state index contributed by atoms with van der Waals surface area (Å²) in [6.07, 6.45) is 1.45. The van der Waals surface area contributed by atoms with Crippen LogP contribution in [-0.4, -0.2) is 26.6 Å². The molecule has 2 aliphatic rings. The summed E-state index contributed by atoms with van der Waals surface area (Å²) in [5.74, 6) is -0.608. The summed E-state index contributed by atoms with van der Waals surface area (Å²) in [5.41, 5.74) is 2.91. The molecule has 7 heteroatoms. The Kier molecular flexibility index (Phi) is 3.51. The van der Waals surface area contributed by atoms with Crippen molar-refractivity contribution in [1.29, 1.82) is 0 Å². The van der Waals surface area contributed by atoms with Crippen LogP contribution in [0.3, 0.4) is 0 Å². The molecule has 2 amide bonds. The second-order valence-electron chi connectivity index (χ2n) is 6.43. The van der Waals surface area contributed by atoms with Crippen LogP contribution >= 0.6 is 11.8 Å². The lowest BCUT2D eigenvalue weighted by molar-refractivity contribution is -0.120. The fraction of sp³-hybridized carbons (Fsp3) is 0.100. The number of hydrogen-bond donors (Lipinski definition) is 0. The Morgan fingerprint density at radius 2 is 1.81 bits per heavy atom. The van der Waals surface area contributed by atoms with Crippen molar-refractivity contribution in [2.45, 2.75) is 18.1 Å². The molecule has 1 aromatic heterocycles. The van der Waals surface area contributed by atoms with Crippen molar-refractivity contribution in [2.24, 2.45) is 0 Å². The van der Waals surface area contributed by atoms with Gasteiger partial charge >= 0.3 is 0 Å². The zero-order chi connectivity index (χ0) is 18.5. The zero-order valence-corrected chi connectivity index (χ0v) is 15.2. The van der Waals surface area contributed by atoms with Gasteiger partial charge in [-0.3, -0.25) is 9.59 Å². The molecule has 0 spiro atoms. The van der Waals surface area contributed by atoms with Gasteiger partial charge in [0.2, 0.25) is 0 Å². The molecule has 0 radical (unpaired) electrons. The number of carbonyl (C=O) groups is 2. The van der Waals surface area contributed by atoms with E-state index in [0.717, 1.165) is 11.1 Å². The minimum absolute atomic E-state index is 0.303. The van der Waals surface area contributed by atoms with E-state index in [4.69, 9.17) is 0 Å². The Labute approximate surface area is 159 Å². The summed E-state index contributed by atoms with van der Waals surface area (Å²) < 4.78 is 1.71. The van der Waals surface area contributed by atoms with E-state index in [1.165, 1.54) is 23.0 Å². The molecule has 27 heavy (non-hydrogen) atoms. The number of hydrogen-bond acceptors (Lipinski definition) is 5. The van der Waals surface area contributed by atoms with Gasteiger partial charge in [-0.05, 0) is 41.9 Å². The number of thioether (sulfide) groups is 1. The van der Waals surface area contributed by atoms with Gasteiger partial charge in [-0.15, -0.1) is 0 Å². The summed E-state index contributed by atoms with van der Waals surface area (Å²) in [7, 11) is 0. The molecule has 0 saturated heterocycles. The molecule has 3 heterocycles. The number of nitrogens with zero attached hydrogens (tertiary/aromatic N) is 4. The molecule has 1 atom stereocenters. The highest BCUT2D eigenvalue weighted by Crippen LogP contribution is 2.47. The first-order chi connectivity index (χ1) is 13.1. The molecule has 5 rings (SSSR count). The molecule has 132 valence electrons. The van der Waals surface area contributed by atoms with E-state index in [2.05, 4.69) is 10.1 Å². The SMILES string of the molecule is Cc1cccc(N2C(=O)C3=C(C2=O)[C@@H](c2ccccc2)n2ncnc2S3)c1. The normalized spacial score (nSPS) is 18.7. The van der Waals surface area contributed by atoms with Crippen molar-refractivity contribution in [1.82, 2.24) is 14.8 Å². The van der Waals surface area contributed by atoms with Crippen molar-refractivity contribution >= 4 is 29.3 Å². The van der Waals surface area contributed by atoms with Gasteiger partial charge in [0, 0.05) is 0 Å². The number of anilines is 1. The Hall–Kier alpha value is -3.19. The van der Waals surface area contributed by atoms with Gasteiger partial charge in [-0.25, -0.2) is 14.6 Å². The molecule has 3 aromatic rings. The van der Waals surface area contributed by atoms with E-state index in [1.54, 1.807) is 10.7 Å². The fourth-order valence-electron chi connectivity index (χ4n) is 3.51. The maximum Gasteiger partial charge on any atom is 0.272 e. The number of imide groups is 1. The van der Waals surface area contributed by atoms with E-state index in [1.807, 2.05) is 55.5 Å². The zero-order valence-electron chi connectivity index (χ0n) is 14.4. The molecule has 0 aliphatic carbocycles. The van der Waals surface area contributed by atoms with Gasteiger partial charge in [-0.2, -0.15) is 5.10 Å². The summed E-state index contributed by atoms with van der Waals surface area (Å²) in [6, 6.07) is 16.5. The summed E-state index contributed by atoms with van der Waals surface area (Å²) in [4.78, 5) is 32.4. The van der Waals surface area contributed by atoms with E-state index in [9.17, 15) is 9.59 Å². The van der Waals surface area contributed by atoms with E-state index >= 15 is 0 Å². The monoisotopic (exact) mass is 374 g/mol. The lowest BCUT2D eigenvalue weighted by atomic mass is 9.98. The predicted molar refractivity (Wildman–Crippen MR) is 101 cm³/mol. The van der Waals surface area contributed by atoms with Crippen LogP contribution in [0.25, 0.3) is 0 Å². The van der Waals surface area contributed by atoms with E-state index < -0.39 is 6.04 Å². The van der Waals surface area contributed by atoms with Crippen LogP contribution in [0.1, 0.15) is 17.2 Å². The van der Waals surface area contributed by atoms with Gasteiger partial charge < -0.3 is 0 Å². The van der Waals surface area contributed by atoms with Gasteiger partial charge in [0.1, 0.15) is 12.4 Å². The smallest absolute Gasteiger partial charge is 0.268 e. The first kappa shape index (κ1) is 16.0. The number of aryl methyl sites for hydroxylation is 1. The second kappa shape index (κ2) is 5.92. The molecule has 0 fully saturated rings. The largest absolute Gasteiger partial charge is 0.272 e. The third-order valence-corrected chi connectivity index (χ3v) is 5.78. The first-order valence-electron chi connectivity index (χ1n) is 8.47. The van der Waals surface area contributed by atoms with Crippen LogP contribution in [0, 0.1) is 6.92 Å². The number of aromatic nitrogens is 3. The molecule has 0 N–H and O–H groups in total. The molecular weight excluding hydrogens is 360 g/mol. The van der Waals surface area contributed by atoms with Crippen molar-refractivity contribution in [3.63, 3.8) is 0 Å². The van der Waals surface area contributed by atoms with Crippen molar-refractivity contribution < 1.29 is 9.59 Å². The molecule has 2 aliphatic heterocycles. The number of carbonyl (C=O) groups excluding carboxylic acids is 2. The number of fused-ring (bicyclic) bond motifs is 1. The Morgan fingerprint density at radius 3 is 2.59 bits per heavy atom. The quantitative estimate of drug-likeness (QED) is 0.645. The standard InChI is InChI=1S/C20H14N4O2S/c1-12-6-5-9-14(10-12)23-18(25)15-16(13-7-3-2-4-8-13)24-20(21-11-22-24)27-17(15)19(23)26/h2-11,16H,1H3/t16-/m1/s1. The Morgan fingerprint density at radius 1 is 1.00 bits per heavy atom. The molecule has 6 nitrogen and oxygen atoms in total.